The monoisotopic (exact) mass is 445 g/mol. The number of hydrogen-bond acceptors (Lipinski definition) is 7. The molecule has 9 heteroatoms. The molecule has 2 amide bonds. The quantitative estimate of drug-likeness (QED) is 0.711. The van der Waals surface area contributed by atoms with Crippen LogP contribution in [-0.4, -0.2) is 44.9 Å². The minimum atomic E-state index is -0.461. The third kappa shape index (κ3) is 6.40. The lowest BCUT2D eigenvalue weighted by Gasteiger charge is -2.33. The highest BCUT2D eigenvalue weighted by Gasteiger charge is 2.26. The Labute approximate surface area is 187 Å². The van der Waals surface area contributed by atoms with Crippen molar-refractivity contribution >= 4 is 34.2 Å². The summed E-state index contributed by atoms with van der Waals surface area (Å²) in [5.41, 5.74) is 8.04. The Hall–Kier alpha value is -2.68. The van der Waals surface area contributed by atoms with Gasteiger partial charge in [0.2, 0.25) is 0 Å². The van der Waals surface area contributed by atoms with Crippen molar-refractivity contribution in [2.45, 2.75) is 59.0 Å². The number of pyridine rings is 1. The summed E-state index contributed by atoms with van der Waals surface area (Å²) in [6.45, 7) is 8.89. The molecule has 1 aliphatic heterocycles. The van der Waals surface area contributed by atoms with Gasteiger partial charge in [-0.3, -0.25) is 9.78 Å². The van der Waals surface area contributed by atoms with Gasteiger partial charge in [-0.2, -0.15) is 4.37 Å². The number of carbonyl (C=O) groups is 2. The van der Waals surface area contributed by atoms with Crippen molar-refractivity contribution < 1.29 is 14.3 Å². The molecule has 0 spiro atoms. The highest BCUT2D eigenvalue weighted by Crippen LogP contribution is 2.24. The number of likely N-dealkylation sites (tertiary alicyclic amines) is 1. The summed E-state index contributed by atoms with van der Waals surface area (Å²) in [7, 11) is 0. The molecule has 2 aromatic heterocycles. The van der Waals surface area contributed by atoms with Crippen LogP contribution in [0.2, 0.25) is 0 Å². The Bertz CT molecular complexity index is 893. The smallest absolute Gasteiger partial charge is 0.410 e. The van der Waals surface area contributed by atoms with E-state index in [1.54, 1.807) is 18.0 Å². The minimum Gasteiger partial charge on any atom is -0.444 e. The van der Waals surface area contributed by atoms with E-state index >= 15 is 0 Å². The zero-order valence-electron chi connectivity index (χ0n) is 18.6. The summed E-state index contributed by atoms with van der Waals surface area (Å²) in [6, 6.07) is 3.80. The van der Waals surface area contributed by atoms with E-state index in [-0.39, 0.29) is 12.0 Å². The normalized spacial score (nSPS) is 15.0. The fourth-order valence-electron chi connectivity index (χ4n) is 3.59. The van der Waals surface area contributed by atoms with E-state index in [0.29, 0.717) is 27.9 Å². The molecule has 0 bridgehead atoms. The Morgan fingerprint density at radius 3 is 2.55 bits per heavy atom. The first kappa shape index (κ1) is 23.0. The fourth-order valence-corrected chi connectivity index (χ4v) is 4.24. The topological polar surface area (TPSA) is 110 Å². The molecule has 0 aromatic carbocycles. The standard InChI is InChI=1S/C22H31N5O3S/c1-14-18(19(23)31-26-14)20(28)25-17-8-7-16(24-13-17)6-5-15-9-11-27(12-10-15)21(29)30-22(2,3)4/h7-8,13,15H,5-6,9-12,23H2,1-4H3,(H,25,28). The molecule has 0 unspecified atom stereocenters. The van der Waals surface area contributed by atoms with Gasteiger partial charge in [-0.15, -0.1) is 0 Å². The van der Waals surface area contributed by atoms with Gasteiger partial charge in [0.25, 0.3) is 5.91 Å². The number of rotatable bonds is 5. The Morgan fingerprint density at radius 2 is 2.00 bits per heavy atom. The largest absolute Gasteiger partial charge is 0.444 e. The van der Waals surface area contributed by atoms with Crippen LogP contribution in [0.3, 0.4) is 0 Å². The van der Waals surface area contributed by atoms with E-state index in [1.165, 1.54) is 0 Å². The van der Waals surface area contributed by atoms with E-state index in [2.05, 4.69) is 14.7 Å². The molecule has 1 aliphatic rings. The molecule has 1 saturated heterocycles. The van der Waals surface area contributed by atoms with E-state index in [0.717, 1.165) is 56.0 Å². The molecule has 2 aromatic rings. The third-order valence-corrected chi connectivity index (χ3v) is 6.04. The van der Waals surface area contributed by atoms with Gasteiger partial charge in [-0.25, -0.2) is 4.79 Å². The predicted molar refractivity (Wildman–Crippen MR) is 122 cm³/mol. The predicted octanol–water partition coefficient (Wildman–Crippen LogP) is 4.26. The maximum absolute atomic E-state index is 12.4. The molecular formula is C22H31N5O3S. The molecule has 0 radical (unpaired) electrons. The van der Waals surface area contributed by atoms with Crippen LogP contribution >= 0.6 is 11.5 Å². The lowest BCUT2D eigenvalue weighted by atomic mass is 9.91. The van der Waals surface area contributed by atoms with Crippen molar-refractivity contribution in [3.05, 3.63) is 35.3 Å². The highest BCUT2D eigenvalue weighted by atomic mass is 32.1. The minimum absolute atomic E-state index is 0.222. The van der Waals surface area contributed by atoms with Crippen molar-refractivity contribution in [2.75, 3.05) is 24.1 Å². The van der Waals surface area contributed by atoms with Crippen LogP contribution < -0.4 is 11.1 Å². The molecule has 31 heavy (non-hydrogen) atoms. The summed E-state index contributed by atoms with van der Waals surface area (Å²) in [4.78, 5) is 30.9. The molecule has 1 fully saturated rings. The average Bonchev–Trinajstić information content (AvgIpc) is 3.05. The first-order chi connectivity index (χ1) is 14.6. The molecule has 3 rings (SSSR count). The van der Waals surface area contributed by atoms with Crippen LogP contribution in [0.5, 0.6) is 0 Å². The molecule has 3 heterocycles. The van der Waals surface area contributed by atoms with Crippen LogP contribution in [0.25, 0.3) is 0 Å². The van der Waals surface area contributed by atoms with Gasteiger partial charge in [-0.05, 0) is 83.0 Å². The zero-order valence-corrected chi connectivity index (χ0v) is 19.4. The van der Waals surface area contributed by atoms with Gasteiger partial charge in [0.15, 0.2) is 0 Å². The first-order valence-electron chi connectivity index (χ1n) is 10.6. The molecule has 0 saturated carbocycles. The number of aromatic nitrogens is 2. The SMILES string of the molecule is Cc1nsc(N)c1C(=O)Nc1ccc(CCC2CCN(C(=O)OC(C)(C)C)CC2)nc1. The van der Waals surface area contributed by atoms with Crippen molar-refractivity contribution in [2.24, 2.45) is 5.92 Å². The fraction of sp³-hybridized carbons (Fsp3) is 0.545. The molecule has 8 nitrogen and oxygen atoms in total. The van der Waals surface area contributed by atoms with E-state index in [9.17, 15) is 9.59 Å². The average molecular weight is 446 g/mol. The molecule has 0 aliphatic carbocycles. The number of nitrogen functional groups attached to an aromatic ring is 1. The maximum atomic E-state index is 12.4. The van der Waals surface area contributed by atoms with Crippen LogP contribution in [0.4, 0.5) is 15.5 Å². The molecule has 0 atom stereocenters. The lowest BCUT2D eigenvalue weighted by Crippen LogP contribution is -2.41. The molecule has 168 valence electrons. The van der Waals surface area contributed by atoms with Gasteiger partial charge in [-0.1, -0.05) is 0 Å². The lowest BCUT2D eigenvalue weighted by molar-refractivity contribution is 0.0181. The summed E-state index contributed by atoms with van der Waals surface area (Å²) < 4.78 is 9.56. The Kier molecular flexibility index (Phi) is 7.15. The van der Waals surface area contributed by atoms with Crippen LogP contribution in [0, 0.1) is 12.8 Å². The number of nitrogens with two attached hydrogens (primary N) is 1. The Balaban J connectivity index is 1.44. The summed E-state index contributed by atoms with van der Waals surface area (Å²) in [6.07, 6.45) is 5.29. The van der Waals surface area contributed by atoms with Crippen molar-refractivity contribution in [1.82, 2.24) is 14.3 Å². The van der Waals surface area contributed by atoms with Gasteiger partial charge in [0, 0.05) is 18.8 Å². The van der Waals surface area contributed by atoms with E-state index in [1.807, 2.05) is 32.9 Å². The van der Waals surface area contributed by atoms with Crippen LogP contribution in [0.15, 0.2) is 18.3 Å². The van der Waals surface area contributed by atoms with Gasteiger partial charge in [0.05, 0.1) is 23.1 Å². The van der Waals surface area contributed by atoms with Gasteiger partial charge in [0.1, 0.15) is 10.6 Å². The van der Waals surface area contributed by atoms with Crippen LogP contribution in [-0.2, 0) is 11.2 Å². The zero-order chi connectivity index (χ0) is 22.6. The number of anilines is 2. The van der Waals surface area contributed by atoms with Gasteiger partial charge >= 0.3 is 6.09 Å². The highest BCUT2D eigenvalue weighted by molar-refractivity contribution is 7.10. The third-order valence-electron chi connectivity index (χ3n) is 5.27. The van der Waals surface area contributed by atoms with Crippen molar-refractivity contribution in [1.29, 1.82) is 0 Å². The van der Waals surface area contributed by atoms with Crippen molar-refractivity contribution in [3.8, 4) is 0 Å². The first-order valence-corrected chi connectivity index (χ1v) is 11.4. The summed E-state index contributed by atoms with van der Waals surface area (Å²) in [5, 5.41) is 3.24. The van der Waals surface area contributed by atoms with Crippen LogP contribution in [0.1, 0.15) is 61.8 Å². The van der Waals surface area contributed by atoms with E-state index in [4.69, 9.17) is 10.5 Å². The molecular weight excluding hydrogens is 414 g/mol. The number of hydrogen-bond donors (Lipinski definition) is 2. The van der Waals surface area contributed by atoms with E-state index < -0.39 is 5.60 Å². The number of nitrogens with one attached hydrogen (secondary N) is 1. The Morgan fingerprint density at radius 1 is 1.29 bits per heavy atom. The number of aryl methyl sites for hydroxylation is 2. The number of piperidine rings is 1. The summed E-state index contributed by atoms with van der Waals surface area (Å²) >= 11 is 1.12. The number of carbonyl (C=O) groups excluding carboxylic acids is 2. The second-order valence-corrected chi connectivity index (χ2v) is 9.75. The van der Waals surface area contributed by atoms with Gasteiger partial charge < -0.3 is 20.7 Å². The maximum Gasteiger partial charge on any atom is 0.410 e. The molecule has 3 N–H and O–H groups in total. The second kappa shape index (κ2) is 9.64. The number of amides is 2. The van der Waals surface area contributed by atoms with Crippen molar-refractivity contribution in [3.63, 3.8) is 0 Å². The number of nitrogens with zero attached hydrogens (tertiary/aromatic N) is 3. The summed E-state index contributed by atoms with van der Waals surface area (Å²) in [5.74, 6) is 0.298. The number of ether oxygens (including phenoxy) is 1. The second-order valence-electron chi connectivity index (χ2n) is 8.95.